The Morgan fingerprint density at radius 2 is 2.05 bits per heavy atom. The molecule has 0 saturated heterocycles. The van der Waals surface area contributed by atoms with Crippen molar-refractivity contribution in [3.8, 4) is 0 Å². The summed E-state index contributed by atoms with van der Waals surface area (Å²) >= 11 is 3.31. The van der Waals surface area contributed by atoms with Gasteiger partial charge in [0.05, 0.1) is 11.1 Å². The molecule has 0 aromatic carbocycles. The normalized spacial score (nSPS) is 10.9. The van der Waals surface area contributed by atoms with E-state index >= 15 is 0 Å². The maximum Gasteiger partial charge on any atom is 0.416 e. The fourth-order valence-electron chi connectivity index (χ4n) is 1.45. The Hall–Kier alpha value is -1.63. The summed E-state index contributed by atoms with van der Waals surface area (Å²) in [4.78, 5) is 29.2. The van der Waals surface area contributed by atoms with Crippen LogP contribution in [0.15, 0.2) is 22.8 Å². The summed E-state index contributed by atoms with van der Waals surface area (Å²) in [6, 6.07) is 3.44. The maximum absolute atomic E-state index is 12.3. The van der Waals surface area contributed by atoms with Crippen LogP contribution in [0.2, 0.25) is 0 Å². The number of esters is 1. The van der Waals surface area contributed by atoms with Crippen LogP contribution in [-0.4, -0.2) is 35.8 Å². The van der Waals surface area contributed by atoms with Crippen molar-refractivity contribution in [3.05, 3.63) is 22.8 Å². The van der Waals surface area contributed by atoms with E-state index in [0.717, 1.165) is 4.90 Å². The van der Waals surface area contributed by atoms with Crippen LogP contribution in [0.3, 0.4) is 0 Å². The third-order valence-electron chi connectivity index (χ3n) is 2.20. The van der Waals surface area contributed by atoms with Gasteiger partial charge in [-0.3, -0.25) is 4.79 Å². The zero-order valence-corrected chi connectivity index (χ0v) is 14.1. The van der Waals surface area contributed by atoms with E-state index in [1.165, 1.54) is 6.20 Å². The Kier molecular flexibility index (Phi) is 6.14. The molecular weight excluding hydrogens is 340 g/mol. The van der Waals surface area contributed by atoms with E-state index in [2.05, 4.69) is 20.9 Å². The van der Waals surface area contributed by atoms with Crippen LogP contribution in [0, 0.1) is 0 Å². The predicted molar refractivity (Wildman–Crippen MR) is 82.2 cm³/mol. The van der Waals surface area contributed by atoms with Gasteiger partial charge in [0.1, 0.15) is 12.1 Å². The van der Waals surface area contributed by atoms with Crippen molar-refractivity contribution in [2.75, 3.05) is 18.1 Å². The van der Waals surface area contributed by atoms with E-state index in [4.69, 9.17) is 9.47 Å². The standard InChI is InChI=1S/C14H19BrN2O4/c1-5-20-11(18)9-17(13(19)21-14(2,3)4)12-10(15)7-6-8-16-12/h6-8H,5,9H2,1-4H3. The lowest BCUT2D eigenvalue weighted by Crippen LogP contribution is -2.41. The summed E-state index contributed by atoms with van der Waals surface area (Å²) in [7, 11) is 0. The second-order valence-corrected chi connectivity index (χ2v) is 6.03. The molecule has 21 heavy (non-hydrogen) atoms. The number of anilines is 1. The van der Waals surface area contributed by atoms with Gasteiger partial charge in [0.2, 0.25) is 0 Å². The number of ether oxygens (including phenoxy) is 2. The number of hydrogen-bond donors (Lipinski definition) is 0. The molecule has 1 rings (SSSR count). The Labute approximate surface area is 132 Å². The fraction of sp³-hybridized carbons (Fsp3) is 0.500. The number of rotatable bonds is 4. The number of aromatic nitrogens is 1. The molecule has 0 atom stereocenters. The van der Waals surface area contributed by atoms with Crippen LogP contribution < -0.4 is 4.90 Å². The molecule has 0 aliphatic heterocycles. The summed E-state index contributed by atoms with van der Waals surface area (Å²) in [5, 5.41) is 0. The molecule has 1 heterocycles. The zero-order valence-electron chi connectivity index (χ0n) is 12.6. The van der Waals surface area contributed by atoms with E-state index < -0.39 is 17.7 Å². The van der Waals surface area contributed by atoms with Crippen LogP contribution in [0.25, 0.3) is 0 Å². The highest BCUT2D eigenvalue weighted by molar-refractivity contribution is 9.10. The molecule has 1 aromatic rings. The minimum atomic E-state index is -0.675. The molecule has 7 heteroatoms. The lowest BCUT2D eigenvalue weighted by atomic mass is 10.2. The van der Waals surface area contributed by atoms with Crippen molar-refractivity contribution in [2.24, 2.45) is 0 Å². The highest BCUT2D eigenvalue weighted by Crippen LogP contribution is 2.24. The number of nitrogens with zero attached hydrogens (tertiary/aromatic N) is 2. The quantitative estimate of drug-likeness (QED) is 0.773. The minimum Gasteiger partial charge on any atom is -0.465 e. The molecule has 0 bridgehead atoms. The summed E-state index contributed by atoms with van der Waals surface area (Å²) in [6.07, 6.45) is 0.873. The molecule has 0 N–H and O–H groups in total. The van der Waals surface area contributed by atoms with Gasteiger partial charge in [-0.25, -0.2) is 14.7 Å². The molecule has 116 valence electrons. The number of pyridine rings is 1. The summed E-state index contributed by atoms with van der Waals surface area (Å²) in [5.41, 5.74) is -0.675. The first-order valence-electron chi connectivity index (χ1n) is 6.51. The maximum atomic E-state index is 12.3. The molecule has 0 aliphatic rings. The largest absolute Gasteiger partial charge is 0.465 e. The zero-order chi connectivity index (χ0) is 16.0. The first-order chi connectivity index (χ1) is 9.74. The first-order valence-corrected chi connectivity index (χ1v) is 7.30. The van der Waals surface area contributed by atoms with Crippen LogP contribution in [0.4, 0.5) is 10.6 Å². The Bertz CT molecular complexity index is 514. The van der Waals surface area contributed by atoms with Gasteiger partial charge in [0, 0.05) is 6.20 Å². The van der Waals surface area contributed by atoms with Crippen molar-refractivity contribution in [1.29, 1.82) is 0 Å². The number of carbonyl (C=O) groups excluding carboxylic acids is 2. The third-order valence-corrected chi connectivity index (χ3v) is 2.82. The molecule has 0 saturated carbocycles. The van der Waals surface area contributed by atoms with Crippen molar-refractivity contribution in [3.63, 3.8) is 0 Å². The molecule has 0 radical (unpaired) electrons. The molecular formula is C14H19BrN2O4. The fourth-order valence-corrected chi connectivity index (χ4v) is 1.92. The van der Waals surface area contributed by atoms with Crippen LogP contribution in [0.5, 0.6) is 0 Å². The van der Waals surface area contributed by atoms with Crippen LogP contribution in [0.1, 0.15) is 27.7 Å². The van der Waals surface area contributed by atoms with Crippen molar-refractivity contribution in [2.45, 2.75) is 33.3 Å². The Morgan fingerprint density at radius 3 is 2.57 bits per heavy atom. The van der Waals surface area contributed by atoms with Gasteiger partial charge in [-0.05, 0) is 55.8 Å². The van der Waals surface area contributed by atoms with E-state index in [1.807, 2.05) is 0 Å². The summed E-state index contributed by atoms with van der Waals surface area (Å²) in [6.45, 7) is 6.93. The third kappa shape index (κ3) is 5.71. The lowest BCUT2D eigenvalue weighted by Gasteiger charge is -2.26. The van der Waals surface area contributed by atoms with Crippen molar-refractivity contribution in [1.82, 2.24) is 4.98 Å². The highest BCUT2D eigenvalue weighted by Gasteiger charge is 2.27. The smallest absolute Gasteiger partial charge is 0.416 e. The number of halogens is 1. The highest BCUT2D eigenvalue weighted by atomic mass is 79.9. The van der Waals surface area contributed by atoms with Crippen molar-refractivity contribution < 1.29 is 19.1 Å². The van der Waals surface area contributed by atoms with Gasteiger partial charge in [-0.2, -0.15) is 0 Å². The molecule has 6 nitrogen and oxygen atoms in total. The molecule has 1 aromatic heterocycles. The molecule has 0 fully saturated rings. The average Bonchev–Trinajstić information content (AvgIpc) is 2.35. The van der Waals surface area contributed by atoms with E-state index in [9.17, 15) is 9.59 Å². The molecule has 0 unspecified atom stereocenters. The predicted octanol–water partition coefficient (Wildman–Crippen LogP) is 3.15. The monoisotopic (exact) mass is 358 g/mol. The lowest BCUT2D eigenvalue weighted by molar-refractivity contribution is -0.141. The topological polar surface area (TPSA) is 68.7 Å². The SMILES string of the molecule is CCOC(=O)CN(C(=O)OC(C)(C)C)c1ncccc1Br. The molecule has 1 amide bonds. The number of hydrogen-bond acceptors (Lipinski definition) is 5. The van der Waals surface area contributed by atoms with E-state index in [1.54, 1.807) is 39.8 Å². The van der Waals surface area contributed by atoms with Crippen LogP contribution in [-0.2, 0) is 14.3 Å². The van der Waals surface area contributed by atoms with Gasteiger partial charge < -0.3 is 9.47 Å². The van der Waals surface area contributed by atoms with Gasteiger partial charge in [-0.15, -0.1) is 0 Å². The van der Waals surface area contributed by atoms with Crippen molar-refractivity contribution >= 4 is 33.8 Å². The van der Waals surface area contributed by atoms with Gasteiger partial charge in [0.15, 0.2) is 5.82 Å². The minimum absolute atomic E-state index is 0.240. The molecule has 0 spiro atoms. The second kappa shape index (κ2) is 7.40. The summed E-state index contributed by atoms with van der Waals surface area (Å²) < 4.78 is 10.8. The first kappa shape index (κ1) is 17.4. The van der Waals surface area contributed by atoms with E-state index in [0.29, 0.717) is 10.3 Å². The van der Waals surface area contributed by atoms with Crippen LogP contribution >= 0.6 is 15.9 Å². The number of carbonyl (C=O) groups is 2. The second-order valence-electron chi connectivity index (χ2n) is 5.18. The average molecular weight is 359 g/mol. The molecule has 0 aliphatic carbocycles. The van der Waals surface area contributed by atoms with E-state index in [-0.39, 0.29) is 13.2 Å². The number of amides is 1. The van der Waals surface area contributed by atoms with Gasteiger partial charge in [0.25, 0.3) is 0 Å². The van der Waals surface area contributed by atoms with Gasteiger partial charge in [-0.1, -0.05) is 0 Å². The Morgan fingerprint density at radius 1 is 1.38 bits per heavy atom. The summed E-state index contributed by atoms with van der Waals surface area (Å²) in [5.74, 6) is -0.222. The van der Waals surface area contributed by atoms with Gasteiger partial charge >= 0.3 is 12.1 Å². The Balaban J connectivity index is 3.03.